The van der Waals surface area contributed by atoms with Gasteiger partial charge in [-0.05, 0) is 51.2 Å². The molecule has 0 radical (unpaired) electrons. The number of carboxylic acid groups (broad SMARTS) is 1. The Hall–Kier alpha value is -2.94. The second kappa shape index (κ2) is 6.28. The van der Waals surface area contributed by atoms with Gasteiger partial charge in [0.25, 0.3) is 5.56 Å². The average Bonchev–Trinajstić information content (AvgIpc) is 3.11. The van der Waals surface area contributed by atoms with Crippen molar-refractivity contribution in [1.29, 1.82) is 0 Å². The fourth-order valence-corrected chi connectivity index (χ4v) is 4.91. The first kappa shape index (κ1) is 18.1. The maximum absolute atomic E-state index is 13.1. The lowest BCUT2D eigenvalue weighted by atomic mass is 9.70. The summed E-state index contributed by atoms with van der Waals surface area (Å²) in [5, 5.41) is 19.9. The minimum atomic E-state index is -1.00. The Morgan fingerprint density at radius 2 is 1.93 bits per heavy atom. The highest BCUT2D eigenvalue weighted by Gasteiger charge is 2.50. The van der Waals surface area contributed by atoms with E-state index in [-0.39, 0.29) is 11.2 Å². The maximum Gasteiger partial charge on any atom is 0.405 e. The Kier molecular flexibility index (Phi) is 3.92. The molecule has 152 valence electrons. The van der Waals surface area contributed by atoms with Crippen LogP contribution < -0.4 is 10.9 Å². The molecule has 3 fully saturated rings. The van der Waals surface area contributed by atoms with Crippen LogP contribution in [0.2, 0.25) is 0 Å². The van der Waals surface area contributed by atoms with Crippen molar-refractivity contribution in [2.75, 3.05) is 6.61 Å². The molecule has 2 aliphatic heterocycles. The maximum atomic E-state index is 13.1. The number of carbonyl (C=O) groups is 1. The summed E-state index contributed by atoms with van der Waals surface area (Å²) >= 11 is 0. The molecule has 1 aliphatic carbocycles. The number of para-hydroxylation sites is 2. The zero-order valence-electron chi connectivity index (χ0n) is 16.2. The van der Waals surface area contributed by atoms with Gasteiger partial charge in [0.2, 0.25) is 5.65 Å². The van der Waals surface area contributed by atoms with E-state index >= 15 is 0 Å². The summed E-state index contributed by atoms with van der Waals surface area (Å²) in [6.45, 7) is 2.74. The molecule has 0 atom stereocenters. The van der Waals surface area contributed by atoms with Crippen LogP contribution in [0.5, 0.6) is 0 Å². The van der Waals surface area contributed by atoms with E-state index < -0.39 is 11.6 Å². The summed E-state index contributed by atoms with van der Waals surface area (Å²) in [7, 11) is 0. The van der Waals surface area contributed by atoms with Crippen LogP contribution in [-0.2, 0) is 11.3 Å². The number of amides is 1. The van der Waals surface area contributed by atoms with Crippen LogP contribution in [0.1, 0.15) is 37.9 Å². The molecular formula is C20H23N5O4. The molecule has 9 nitrogen and oxygen atoms in total. The summed E-state index contributed by atoms with van der Waals surface area (Å²) in [6, 6.07) is 7.77. The highest BCUT2D eigenvalue weighted by atomic mass is 16.5. The van der Waals surface area contributed by atoms with E-state index in [2.05, 4.69) is 15.5 Å². The molecule has 2 aromatic heterocycles. The van der Waals surface area contributed by atoms with Crippen LogP contribution in [-0.4, -0.2) is 48.1 Å². The number of aromatic nitrogens is 4. The molecule has 2 N–H and O–H groups in total. The van der Waals surface area contributed by atoms with Gasteiger partial charge in [-0.1, -0.05) is 12.1 Å². The fraction of sp³-hybridized carbons (Fsp3) is 0.500. The Balaban J connectivity index is 1.46. The van der Waals surface area contributed by atoms with E-state index in [1.54, 1.807) is 8.97 Å². The molecule has 1 amide bonds. The topological polar surface area (TPSA) is 111 Å². The van der Waals surface area contributed by atoms with Gasteiger partial charge in [-0.15, -0.1) is 10.2 Å². The first-order valence-corrected chi connectivity index (χ1v) is 9.90. The van der Waals surface area contributed by atoms with E-state index in [0.717, 1.165) is 36.7 Å². The number of hydrogen-bond acceptors (Lipinski definition) is 5. The highest BCUT2D eigenvalue weighted by Crippen LogP contribution is 2.45. The van der Waals surface area contributed by atoms with Crippen LogP contribution in [0.25, 0.3) is 16.7 Å². The van der Waals surface area contributed by atoms with Crippen LogP contribution in [0.3, 0.4) is 0 Å². The molecule has 2 saturated heterocycles. The third kappa shape index (κ3) is 2.79. The molecule has 6 rings (SSSR count). The number of benzene rings is 1. The van der Waals surface area contributed by atoms with E-state index in [1.165, 1.54) is 0 Å². The third-order valence-corrected chi connectivity index (χ3v) is 6.61. The fourth-order valence-electron chi connectivity index (χ4n) is 4.91. The van der Waals surface area contributed by atoms with Crippen molar-refractivity contribution in [3.05, 3.63) is 40.4 Å². The first-order chi connectivity index (χ1) is 13.9. The quantitative estimate of drug-likeness (QED) is 0.697. The molecule has 3 aromatic rings. The molecule has 1 saturated carbocycles. The summed E-state index contributed by atoms with van der Waals surface area (Å²) in [5.41, 5.74) is 1.15. The molecule has 1 aromatic carbocycles. The Morgan fingerprint density at radius 3 is 2.59 bits per heavy atom. The lowest BCUT2D eigenvalue weighted by Crippen LogP contribution is -2.62. The largest absolute Gasteiger partial charge is 0.465 e. The normalized spacial score (nSPS) is 26.2. The number of aryl methyl sites for hydroxylation is 2. The van der Waals surface area contributed by atoms with Crippen LogP contribution in [0, 0.1) is 6.92 Å². The smallest absolute Gasteiger partial charge is 0.405 e. The van der Waals surface area contributed by atoms with E-state index in [0.29, 0.717) is 31.0 Å². The Labute approximate surface area is 166 Å². The van der Waals surface area contributed by atoms with Crippen LogP contribution in [0.4, 0.5) is 4.79 Å². The monoisotopic (exact) mass is 397 g/mol. The molecule has 3 aliphatic rings. The van der Waals surface area contributed by atoms with Crippen molar-refractivity contribution in [3.8, 4) is 0 Å². The lowest BCUT2D eigenvalue weighted by Gasteiger charge is -2.53. The van der Waals surface area contributed by atoms with Gasteiger partial charge in [0.15, 0.2) is 0 Å². The van der Waals surface area contributed by atoms with Gasteiger partial charge in [0, 0.05) is 6.54 Å². The van der Waals surface area contributed by atoms with E-state index in [4.69, 9.17) is 9.84 Å². The van der Waals surface area contributed by atoms with Crippen molar-refractivity contribution in [3.63, 3.8) is 0 Å². The predicted octanol–water partition coefficient (Wildman–Crippen LogP) is 2.09. The van der Waals surface area contributed by atoms with Crippen molar-refractivity contribution < 1.29 is 14.6 Å². The lowest BCUT2D eigenvalue weighted by molar-refractivity contribution is -0.164. The predicted molar refractivity (Wildman–Crippen MR) is 105 cm³/mol. The average molecular weight is 397 g/mol. The minimum Gasteiger partial charge on any atom is -0.465 e. The minimum absolute atomic E-state index is 0.158. The summed E-state index contributed by atoms with van der Waals surface area (Å²) in [4.78, 5) is 24.2. The van der Waals surface area contributed by atoms with Crippen molar-refractivity contribution >= 4 is 22.8 Å². The molecular weight excluding hydrogens is 374 g/mol. The number of nitrogens with zero attached hydrogens (tertiary/aromatic N) is 4. The number of hydrogen-bond donors (Lipinski definition) is 2. The van der Waals surface area contributed by atoms with Gasteiger partial charge in [0.05, 0.1) is 28.8 Å². The SMILES string of the molecule is Cc1nnc2c(=O)n(CCC34CCC(NC(=O)O)(CC3)CO4)c3ccccc3n12. The molecule has 0 unspecified atom stereocenters. The number of nitrogens with one attached hydrogen (secondary N) is 1. The van der Waals surface area contributed by atoms with Crippen molar-refractivity contribution in [2.24, 2.45) is 0 Å². The van der Waals surface area contributed by atoms with Crippen LogP contribution in [0.15, 0.2) is 29.1 Å². The van der Waals surface area contributed by atoms with Gasteiger partial charge >= 0.3 is 6.09 Å². The standard InChI is InChI=1S/C20H23N5O4/c1-13-22-23-16-17(26)24(14-4-2-3-5-15(14)25(13)16)11-10-20-8-6-19(7-9-20,12-29-20)21-18(27)28/h2-5,21H,6-12H2,1H3,(H,27,28). The molecule has 4 heterocycles. The van der Waals surface area contributed by atoms with Gasteiger partial charge in [-0.2, -0.15) is 0 Å². The molecule has 2 bridgehead atoms. The second-order valence-electron chi connectivity index (χ2n) is 8.28. The van der Waals surface area contributed by atoms with Crippen molar-refractivity contribution in [2.45, 2.75) is 56.7 Å². The number of fused-ring (bicyclic) bond motifs is 6. The highest BCUT2D eigenvalue weighted by molar-refractivity contribution is 5.78. The second-order valence-corrected chi connectivity index (χ2v) is 8.28. The van der Waals surface area contributed by atoms with Gasteiger partial charge in [0.1, 0.15) is 5.82 Å². The Bertz CT molecular complexity index is 1160. The Morgan fingerprint density at radius 1 is 1.21 bits per heavy atom. The third-order valence-electron chi connectivity index (χ3n) is 6.61. The van der Waals surface area contributed by atoms with Gasteiger partial charge in [-0.25, -0.2) is 4.79 Å². The number of ether oxygens (including phenoxy) is 1. The van der Waals surface area contributed by atoms with E-state index in [9.17, 15) is 9.59 Å². The molecule has 9 heteroatoms. The summed E-state index contributed by atoms with van der Waals surface area (Å²) in [6.07, 6.45) is 2.79. The number of rotatable bonds is 4. The zero-order chi connectivity index (χ0) is 20.2. The van der Waals surface area contributed by atoms with Gasteiger partial charge in [-0.3, -0.25) is 9.20 Å². The summed E-state index contributed by atoms with van der Waals surface area (Å²) in [5.74, 6) is 0.684. The first-order valence-electron chi connectivity index (χ1n) is 9.90. The molecule has 29 heavy (non-hydrogen) atoms. The van der Waals surface area contributed by atoms with Crippen LogP contribution >= 0.6 is 0 Å². The zero-order valence-corrected chi connectivity index (χ0v) is 16.2. The van der Waals surface area contributed by atoms with Crippen molar-refractivity contribution in [1.82, 2.24) is 24.5 Å². The molecule has 0 spiro atoms. The summed E-state index contributed by atoms with van der Waals surface area (Å²) < 4.78 is 9.73. The van der Waals surface area contributed by atoms with Gasteiger partial charge < -0.3 is 19.7 Å². The van der Waals surface area contributed by atoms with E-state index in [1.807, 2.05) is 31.2 Å².